The van der Waals surface area contributed by atoms with Crippen LogP contribution >= 0.6 is 0 Å². The third-order valence-electron chi connectivity index (χ3n) is 2.71. The van der Waals surface area contributed by atoms with E-state index in [4.69, 9.17) is 4.55 Å². The van der Waals surface area contributed by atoms with Crippen LogP contribution in [0.1, 0.15) is 24.4 Å². The second-order valence-corrected chi connectivity index (χ2v) is 4.97. The van der Waals surface area contributed by atoms with Gasteiger partial charge in [-0.1, -0.05) is 0 Å². The molecule has 100 valence electrons. The summed E-state index contributed by atoms with van der Waals surface area (Å²) in [6.45, 7) is 0.209. The first-order valence-electron chi connectivity index (χ1n) is 5.25. The van der Waals surface area contributed by atoms with Gasteiger partial charge in [0.25, 0.3) is 0 Å². The van der Waals surface area contributed by atoms with Gasteiger partial charge in [0.1, 0.15) is 11.6 Å². The van der Waals surface area contributed by atoms with Crippen molar-refractivity contribution in [2.24, 2.45) is 0 Å². The highest BCUT2D eigenvalue weighted by molar-refractivity contribution is 7.80. The summed E-state index contributed by atoms with van der Waals surface area (Å²) in [7, 11) is -4.66. The number of hydroxylamine groups is 2. The van der Waals surface area contributed by atoms with Crippen LogP contribution in [-0.2, 0) is 14.7 Å². The monoisotopic (exact) mass is 279 g/mol. The molecule has 1 atom stereocenters. The molecule has 0 aromatic heterocycles. The Morgan fingerprint density at radius 2 is 2.11 bits per heavy atom. The Bertz CT molecular complexity index is 549. The first-order valence-corrected chi connectivity index (χ1v) is 6.62. The molecule has 0 aliphatic carbocycles. The van der Waals surface area contributed by atoms with Crippen LogP contribution in [0.15, 0.2) is 18.2 Å². The van der Waals surface area contributed by atoms with Crippen molar-refractivity contribution in [2.45, 2.75) is 18.9 Å². The minimum Gasteiger partial charge on any atom is -0.262 e. The van der Waals surface area contributed by atoms with Gasteiger partial charge in [-0.2, -0.15) is 17.8 Å². The summed E-state index contributed by atoms with van der Waals surface area (Å²) < 4.78 is 60.9. The molecule has 8 heteroatoms. The molecule has 5 nitrogen and oxygen atoms in total. The molecule has 1 aromatic carbocycles. The van der Waals surface area contributed by atoms with E-state index in [1.807, 2.05) is 0 Å². The summed E-state index contributed by atoms with van der Waals surface area (Å²) in [5, 5.41) is 0.938. The lowest BCUT2D eigenvalue weighted by atomic mass is 10.0. The fourth-order valence-electron chi connectivity index (χ4n) is 2.03. The van der Waals surface area contributed by atoms with E-state index in [0.29, 0.717) is 12.8 Å². The molecule has 1 fully saturated rings. The quantitative estimate of drug-likeness (QED) is 0.855. The van der Waals surface area contributed by atoms with Gasteiger partial charge in [-0.15, -0.1) is 0 Å². The minimum atomic E-state index is -4.66. The van der Waals surface area contributed by atoms with E-state index in [0.717, 1.165) is 23.3 Å². The molecule has 1 aliphatic rings. The Labute approximate surface area is 103 Å². The molecule has 1 aliphatic heterocycles. The van der Waals surface area contributed by atoms with Crippen LogP contribution in [-0.4, -0.2) is 24.6 Å². The van der Waals surface area contributed by atoms with Crippen LogP contribution in [0, 0.1) is 11.6 Å². The second-order valence-electron chi connectivity index (χ2n) is 3.97. The summed E-state index contributed by atoms with van der Waals surface area (Å²) in [6.07, 6.45) is 0.964. The maximum atomic E-state index is 13.6. The molecule has 2 rings (SSSR count). The van der Waals surface area contributed by atoms with Gasteiger partial charge in [0, 0.05) is 12.1 Å². The smallest absolute Gasteiger partial charge is 0.262 e. The van der Waals surface area contributed by atoms with Gasteiger partial charge in [0.2, 0.25) is 0 Å². The van der Waals surface area contributed by atoms with Gasteiger partial charge in [-0.25, -0.2) is 8.78 Å². The molecule has 0 amide bonds. The number of hydrogen-bond acceptors (Lipinski definition) is 4. The van der Waals surface area contributed by atoms with Gasteiger partial charge in [0.05, 0.1) is 6.04 Å². The third kappa shape index (κ3) is 3.02. The van der Waals surface area contributed by atoms with Gasteiger partial charge in [-0.3, -0.25) is 4.55 Å². The highest BCUT2D eigenvalue weighted by atomic mass is 32.3. The zero-order valence-corrected chi connectivity index (χ0v) is 10.0. The molecule has 1 saturated heterocycles. The summed E-state index contributed by atoms with van der Waals surface area (Å²) in [5.41, 5.74) is 0.0103. The molecule has 1 aromatic rings. The Hall–Kier alpha value is -1.09. The molecular weight excluding hydrogens is 268 g/mol. The SMILES string of the molecule is O=S(=O)(O)ON1CCC[C@@H]1c1cc(F)ccc1F. The number of hydrogen-bond donors (Lipinski definition) is 1. The lowest BCUT2D eigenvalue weighted by Gasteiger charge is -2.22. The molecular formula is C10H11F2NO4S. The zero-order chi connectivity index (χ0) is 13.3. The first-order chi connectivity index (χ1) is 8.37. The predicted molar refractivity (Wildman–Crippen MR) is 57.7 cm³/mol. The molecule has 18 heavy (non-hydrogen) atoms. The van der Waals surface area contributed by atoms with Crippen molar-refractivity contribution in [1.82, 2.24) is 5.06 Å². The highest BCUT2D eigenvalue weighted by Gasteiger charge is 2.32. The molecule has 0 unspecified atom stereocenters. The van der Waals surface area contributed by atoms with Crippen molar-refractivity contribution < 1.29 is 26.0 Å². The van der Waals surface area contributed by atoms with E-state index in [1.54, 1.807) is 0 Å². The Morgan fingerprint density at radius 3 is 2.78 bits per heavy atom. The molecule has 0 spiro atoms. The topological polar surface area (TPSA) is 66.8 Å². The number of halogens is 2. The van der Waals surface area contributed by atoms with Crippen molar-refractivity contribution in [3.8, 4) is 0 Å². The maximum Gasteiger partial charge on any atom is 0.413 e. The minimum absolute atomic E-state index is 0.0103. The molecule has 0 bridgehead atoms. The molecule has 0 radical (unpaired) electrons. The van der Waals surface area contributed by atoms with Crippen LogP contribution in [0.25, 0.3) is 0 Å². The van der Waals surface area contributed by atoms with E-state index >= 15 is 0 Å². The Morgan fingerprint density at radius 1 is 1.39 bits per heavy atom. The fourth-order valence-corrected chi connectivity index (χ4v) is 2.45. The van der Waals surface area contributed by atoms with Crippen LogP contribution in [0.3, 0.4) is 0 Å². The lowest BCUT2D eigenvalue weighted by molar-refractivity contribution is -0.0749. The predicted octanol–water partition coefficient (Wildman–Crippen LogP) is 1.84. The van der Waals surface area contributed by atoms with E-state index in [2.05, 4.69) is 4.28 Å². The van der Waals surface area contributed by atoms with Gasteiger partial charge < -0.3 is 0 Å². The average Bonchev–Trinajstić information content (AvgIpc) is 2.67. The van der Waals surface area contributed by atoms with Gasteiger partial charge in [-0.05, 0) is 31.0 Å². The largest absolute Gasteiger partial charge is 0.413 e. The zero-order valence-electron chi connectivity index (χ0n) is 9.21. The van der Waals surface area contributed by atoms with E-state index in [-0.39, 0.29) is 12.1 Å². The summed E-state index contributed by atoms with van der Waals surface area (Å²) in [4.78, 5) is 0. The Kier molecular flexibility index (Phi) is 3.62. The average molecular weight is 279 g/mol. The standard InChI is InChI=1S/C10H11F2NO4S/c11-7-3-4-9(12)8(6-7)10-2-1-5-13(10)17-18(14,15)16/h3-4,6,10H,1-2,5H2,(H,14,15,16)/t10-/m1/s1. The van der Waals surface area contributed by atoms with Crippen molar-refractivity contribution >= 4 is 10.4 Å². The van der Waals surface area contributed by atoms with E-state index < -0.39 is 28.1 Å². The molecule has 1 N–H and O–H groups in total. The Balaban J connectivity index is 2.28. The first kappa shape index (κ1) is 13.3. The van der Waals surface area contributed by atoms with Crippen molar-refractivity contribution in [3.05, 3.63) is 35.4 Å². The number of nitrogens with zero attached hydrogens (tertiary/aromatic N) is 1. The summed E-state index contributed by atoms with van der Waals surface area (Å²) in [6, 6.07) is 2.20. The van der Waals surface area contributed by atoms with E-state index in [9.17, 15) is 17.2 Å². The van der Waals surface area contributed by atoms with E-state index in [1.165, 1.54) is 0 Å². The lowest BCUT2D eigenvalue weighted by Crippen LogP contribution is -2.27. The second kappa shape index (κ2) is 4.88. The van der Waals surface area contributed by atoms with Crippen LogP contribution < -0.4 is 0 Å². The highest BCUT2D eigenvalue weighted by Crippen LogP contribution is 2.34. The molecule has 1 heterocycles. The summed E-state index contributed by atoms with van der Waals surface area (Å²) in [5.74, 6) is -1.27. The van der Waals surface area contributed by atoms with Gasteiger partial charge >= 0.3 is 10.4 Å². The van der Waals surface area contributed by atoms with Crippen LogP contribution in [0.2, 0.25) is 0 Å². The van der Waals surface area contributed by atoms with Crippen molar-refractivity contribution in [2.75, 3.05) is 6.54 Å². The van der Waals surface area contributed by atoms with Crippen LogP contribution in [0.4, 0.5) is 8.78 Å². The number of rotatable bonds is 3. The fraction of sp³-hybridized carbons (Fsp3) is 0.400. The number of benzene rings is 1. The van der Waals surface area contributed by atoms with Crippen LogP contribution in [0.5, 0.6) is 0 Å². The third-order valence-corrected chi connectivity index (χ3v) is 3.09. The normalized spacial score (nSPS) is 21.4. The maximum absolute atomic E-state index is 13.6. The summed E-state index contributed by atoms with van der Waals surface area (Å²) >= 11 is 0. The van der Waals surface area contributed by atoms with Crippen molar-refractivity contribution in [3.63, 3.8) is 0 Å². The molecule has 0 saturated carbocycles. The van der Waals surface area contributed by atoms with Gasteiger partial charge in [0.15, 0.2) is 0 Å². The van der Waals surface area contributed by atoms with Crippen molar-refractivity contribution in [1.29, 1.82) is 0 Å².